The van der Waals surface area contributed by atoms with Crippen LogP contribution in [0.1, 0.15) is 129 Å². The van der Waals surface area contributed by atoms with Crippen LogP contribution < -0.4 is 10.4 Å². The summed E-state index contributed by atoms with van der Waals surface area (Å²) in [5.41, 5.74) is 4.00. The first-order valence-corrected chi connectivity index (χ1v) is 14.2. The molecular formula is C33H52N2O. The van der Waals surface area contributed by atoms with Crippen LogP contribution in [0.5, 0.6) is 0 Å². The van der Waals surface area contributed by atoms with Gasteiger partial charge in [-0.3, -0.25) is 0 Å². The minimum absolute atomic E-state index is 0.260. The summed E-state index contributed by atoms with van der Waals surface area (Å²) >= 11 is 0. The van der Waals surface area contributed by atoms with Gasteiger partial charge in [-0.05, 0) is 87.8 Å². The van der Waals surface area contributed by atoms with E-state index in [1.807, 2.05) is 0 Å². The number of nitrogens with one attached hydrogen (secondary N) is 2. The molecule has 0 radical (unpaired) electrons. The molecule has 1 aliphatic heterocycles. The summed E-state index contributed by atoms with van der Waals surface area (Å²) in [6.45, 7) is 20.3. The molecule has 3 atom stereocenters. The van der Waals surface area contributed by atoms with Gasteiger partial charge in [0.1, 0.15) is 0 Å². The molecule has 36 heavy (non-hydrogen) atoms. The Labute approximate surface area is 221 Å². The van der Waals surface area contributed by atoms with E-state index in [4.69, 9.17) is 0 Å². The Bertz CT molecular complexity index is 929. The van der Waals surface area contributed by atoms with E-state index in [2.05, 4.69) is 122 Å². The number of benzene rings is 2. The molecule has 2 aromatic carbocycles. The van der Waals surface area contributed by atoms with E-state index in [1.165, 1.54) is 36.0 Å². The van der Waals surface area contributed by atoms with Crippen molar-refractivity contribution in [3.63, 3.8) is 0 Å². The molecule has 0 aliphatic carbocycles. The molecule has 3 unspecified atom stereocenters. The van der Waals surface area contributed by atoms with E-state index in [0.29, 0.717) is 28.4 Å². The van der Waals surface area contributed by atoms with E-state index in [9.17, 15) is 5.21 Å². The molecule has 0 saturated carbocycles. The molecule has 200 valence electrons. The fourth-order valence-electron chi connectivity index (χ4n) is 6.69. The van der Waals surface area contributed by atoms with E-state index < -0.39 is 0 Å². The summed E-state index contributed by atoms with van der Waals surface area (Å²) in [5.74, 6) is 1.14. The van der Waals surface area contributed by atoms with Crippen molar-refractivity contribution in [1.82, 2.24) is 5.32 Å². The Morgan fingerprint density at radius 2 is 1.33 bits per heavy atom. The summed E-state index contributed by atoms with van der Waals surface area (Å²) in [6.07, 6.45) is 5.48. The standard InChI is InChI=1S/C33H52N2O/c1-24(27-13-11-10-12-14-27)19-20-31(4,5)21-25(2)28-15-17-29(18-16-28)26(3)34-30-22-32(6,7)35(36)33(8,9)23-30/h10-18,24-26,30,34-35H,19-23H2,1-9H3. The molecule has 3 nitrogen and oxygen atoms in total. The molecule has 1 aliphatic rings. The van der Waals surface area contributed by atoms with Gasteiger partial charge in [-0.1, -0.05) is 82.3 Å². The second kappa shape index (κ2) is 11.4. The molecule has 1 saturated heterocycles. The smallest absolute Gasteiger partial charge is 0.0936 e. The quantitative estimate of drug-likeness (QED) is 0.336. The van der Waals surface area contributed by atoms with Gasteiger partial charge in [0, 0.05) is 24.9 Å². The summed E-state index contributed by atoms with van der Waals surface area (Å²) in [6, 6.07) is 20.8. The predicted molar refractivity (Wildman–Crippen MR) is 154 cm³/mol. The second-order valence-electron chi connectivity index (χ2n) is 13.9. The molecule has 0 amide bonds. The highest BCUT2D eigenvalue weighted by molar-refractivity contribution is 5.27. The summed E-state index contributed by atoms with van der Waals surface area (Å²) < 4.78 is 0. The van der Waals surface area contributed by atoms with Gasteiger partial charge in [0.05, 0.1) is 11.1 Å². The number of hydrogen-bond donors (Lipinski definition) is 2. The lowest BCUT2D eigenvalue weighted by Gasteiger charge is -2.55. The van der Waals surface area contributed by atoms with Crippen LogP contribution in [0, 0.1) is 10.6 Å². The van der Waals surface area contributed by atoms with Crippen LogP contribution in [0.3, 0.4) is 0 Å². The fraction of sp³-hybridized carbons (Fsp3) is 0.636. The van der Waals surface area contributed by atoms with Gasteiger partial charge in [0.15, 0.2) is 0 Å². The van der Waals surface area contributed by atoms with Crippen LogP contribution in [0.15, 0.2) is 54.6 Å². The summed E-state index contributed by atoms with van der Waals surface area (Å²) in [4.78, 5) is 0. The Hall–Kier alpha value is -1.68. The van der Waals surface area contributed by atoms with Gasteiger partial charge in [-0.25, -0.2) is 0 Å². The fourth-order valence-corrected chi connectivity index (χ4v) is 6.69. The summed E-state index contributed by atoms with van der Waals surface area (Å²) in [7, 11) is 0. The average Bonchev–Trinajstić information content (AvgIpc) is 2.81. The van der Waals surface area contributed by atoms with Gasteiger partial charge in [-0.15, -0.1) is 0 Å². The molecule has 3 rings (SSSR count). The first-order chi connectivity index (χ1) is 16.7. The van der Waals surface area contributed by atoms with Crippen LogP contribution in [0.25, 0.3) is 0 Å². The number of hydrogen-bond acceptors (Lipinski definition) is 2. The molecule has 3 heteroatoms. The Morgan fingerprint density at radius 1 is 0.833 bits per heavy atom. The zero-order valence-corrected chi connectivity index (χ0v) is 24.4. The van der Waals surface area contributed by atoms with Gasteiger partial charge in [-0.2, -0.15) is 0 Å². The van der Waals surface area contributed by atoms with Crippen molar-refractivity contribution in [1.29, 1.82) is 0 Å². The molecule has 1 heterocycles. The maximum Gasteiger partial charge on any atom is 0.0936 e. The molecule has 2 aromatic rings. The number of quaternary nitrogens is 1. The highest BCUT2D eigenvalue weighted by atomic mass is 16.5. The molecule has 0 aromatic heterocycles. The van der Waals surface area contributed by atoms with Crippen LogP contribution in [-0.4, -0.2) is 17.1 Å². The SMILES string of the molecule is CC(CCC(C)(C)CC(C)c1ccc(C(C)NC2CC(C)(C)[NH+]([O-])C(C)(C)C2)cc1)c1ccccc1. The first-order valence-electron chi connectivity index (χ1n) is 14.2. The zero-order valence-electron chi connectivity index (χ0n) is 24.4. The van der Waals surface area contributed by atoms with Crippen molar-refractivity contribution in [2.24, 2.45) is 5.41 Å². The third-order valence-corrected chi connectivity index (χ3v) is 8.72. The van der Waals surface area contributed by atoms with Gasteiger partial charge in [0.2, 0.25) is 0 Å². The molecule has 2 N–H and O–H groups in total. The average molecular weight is 493 g/mol. The van der Waals surface area contributed by atoms with Crippen LogP contribution in [0.2, 0.25) is 0 Å². The molecule has 1 fully saturated rings. The third-order valence-electron chi connectivity index (χ3n) is 8.72. The van der Waals surface area contributed by atoms with E-state index in [-0.39, 0.29) is 17.1 Å². The maximum atomic E-state index is 12.8. The normalized spacial score (nSPS) is 24.2. The highest BCUT2D eigenvalue weighted by Crippen LogP contribution is 2.37. The highest BCUT2D eigenvalue weighted by Gasteiger charge is 2.45. The topological polar surface area (TPSA) is 39.5 Å². The summed E-state index contributed by atoms with van der Waals surface area (Å²) in [5, 5.41) is 17.0. The largest absolute Gasteiger partial charge is 0.634 e. The van der Waals surface area contributed by atoms with Crippen LogP contribution >= 0.6 is 0 Å². The predicted octanol–water partition coefficient (Wildman–Crippen LogP) is 7.54. The van der Waals surface area contributed by atoms with Crippen molar-refractivity contribution in [2.45, 2.75) is 129 Å². The van der Waals surface area contributed by atoms with Crippen LogP contribution in [0.4, 0.5) is 0 Å². The van der Waals surface area contributed by atoms with Crippen LogP contribution in [-0.2, 0) is 0 Å². The molecule has 0 spiro atoms. The Morgan fingerprint density at radius 3 is 1.89 bits per heavy atom. The Balaban J connectivity index is 1.54. The minimum atomic E-state index is -0.260. The number of piperidine rings is 1. The van der Waals surface area contributed by atoms with Crippen molar-refractivity contribution in [2.75, 3.05) is 0 Å². The lowest BCUT2D eigenvalue weighted by molar-refractivity contribution is -0.955. The lowest BCUT2D eigenvalue weighted by atomic mass is 9.76. The van der Waals surface area contributed by atoms with Gasteiger partial charge < -0.3 is 15.6 Å². The molecule has 0 bridgehead atoms. The lowest BCUT2D eigenvalue weighted by Crippen LogP contribution is -3.23. The second-order valence-corrected chi connectivity index (χ2v) is 13.9. The monoisotopic (exact) mass is 492 g/mol. The third kappa shape index (κ3) is 7.43. The van der Waals surface area contributed by atoms with Crippen molar-refractivity contribution < 1.29 is 5.06 Å². The number of hydroxylamine groups is 2. The Kier molecular flexibility index (Phi) is 9.13. The van der Waals surface area contributed by atoms with Crippen molar-refractivity contribution in [3.05, 3.63) is 76.5 Å². The van der Waals surface area contributed by atoms with Crippen molar-refractivity contribution in [3.8, 4) is 0 Å². The minimum Gasteiger partial charge on any atom is -0.634 e. The van der Waals surface area contributed by atoms with Gasteiger partial charge in [0.25, 0.3) is 0 Å². The van der Waals surface area contributed by atoms with Crippen molar-refractivity contribution >= 4 is 0 Å². The first kappa shape index (κ1) is 28.9. The molecular weight excluding hydrogens is 440 g/mol. The maximum absolute atomic E-state index is 12.8. The zero-order chi connectivity index (χ0) is 26.7. The number of rotatable bonds is 10. The van der Waals surface area contributed by atoms with E-state index in [1.54, 1.807) is 0 Å². The van der Waals surface area contributed by atoms with E-state index in [0.717, 1.165) is 12.8 Å². The van der Waals surface area contributed by atoms with Gasteiger partial charge >= 0.3 is 0 Å². The van der Waals surface area contributed by atoms with E-state index >= 15 is 0 Å².